The van der Waals surface area contributed by atoms with Gasteiger partial charge in [0.25, 0.3) is 0 Å². The van der Waals surface area contributed by atoms with E-state index < -0.39 is 0 Å². The molecule has 0 fully saturated rings. The van der Waals surface area contributed by atoms with Crippen molar-refractivity contribution >= 4 is 6.21 Å². The van der Waals surface area contributed by atoms with Gasteiger partial charge in [0.1, 0.15) is 0 Å². The monoisotopic (exact) mass is 153 g/mol. The van der Waals surface area contributed by atoms with Crippen LogP contribution in [0.5, 0.6) is 0 Å². The Morgan fingerprint density at radius 1 is 1.45 bits per heavy atom. The predicted molar refractivity (Wildman–Crippen MR) is 50.1 cm³/mol. The highest BCUT2D eigenvalue weighted by molar-refractivity contribution is 5.65. The van der Waals surface area contributed by atoms with Crippen molar-refractivity contribution in [3.63, 3.8) is 0 Å². The van der Waals surface area contributed by atoms with Crippen molar-refractivity contribution in [2.45, 2.75) is 46.6 Å². The van der Waals surface area contributed by atoms with Crippen molar-refractivity contribution in [2.24, 2.45) is 16.3 Å². The highest BCUT2D eigenvalue weighted by Crippen LogP contribution is 2.28. The fourth-order valence-corrected chi connectivity index (χ4v) is 1.46. The molecule has 1 heterocycles. The van der Waals surface area contributed by atoms with E-state index in [1.165, 1.54) is 12.8 Å². The number of rotatable bonds is 1. The van der Waals surface area contributed by atoms with Crippen molar-refractivity contribution in [1.29, 1.82) is 0 Å². The average molecular weight is 153 g/mol. The molecule has 0 aromatic heterocycles. The Morgan fingerprint density at radius 3 is 2.45 bits per heavy atom. The van der Waals surface area contributed by atoms with Crippen LogP contribution >= 0.6 is 0 Å². The first-order chi connectivity index (χ1) is 5.01. The molecule has 0 amide bonds. The third-order valence-electron chi connectivity index (χ3n) is 2.47. The highest BCUT2D eigenvalue weighted by atomic mass is 14.8. The average Bonchev–Trinajstić information content (AvgIpc) is 1.86. The molecule has 0 saturated carbocycles. The summed E-state index contributed by atoms with van der Waals surface area (Å²) in [5.74, 6) is 0.711. The van der Waals surface area contributed by atoms with E-state index in [0.29, 0.717) is 17.4 Å². The molecule has 0 aliphatic carbocycles. The summed E-state index contributed by atoms with van der Waals surface area (Å²) in [5.41, 5.74) is 0.353. The first-order valence-electron chi connectivity index (χ1n) is 4.55. The van der Waals surface area contributed by atoms with Gasteiger partial charge in [-0.15, -0.1) is 0 Å². The van der Waals surface area contributed by atoms with Crippen molar-refractivity contribution in [1.82, 2.24) is 0 Å². The fourth-order valence-electron chi connectivity index (χ4n) is 1.46. The van der Waals surface area contributed by atoms with Crippen LogP contribution in [0.25, 0.3) is 0 Å². The molecule has 0 bridgehead atoms. The lowest BCUT2D eigenvalue weighted by Crippen LogP contribution is -2.26. The quantitative estimate of drug-likeness (QED) is 0.549. The zero-order valence-corrected chi connectivity index (χ0v) is 8.09. The van der Waals surface area contributed by atoms with Crippen molar-refractivity contribution in [2.75, 3.05) is 0 Å². The molecule has 1 aliphatic heterocycles. The van der Waals surface area contributed by atoms with Gasteiger partial charge in [0, 0.05) is 6.21 Å². The molecule has 0 N–H and O–H groups in total. The van der Waals surface area contributed by atoms with Gasteiger partial charge in [0.05, 0.1) is 6.04 Å². The van der Waals surface area contributed by atoms with Crippen LogP contribution in [-0.2, 0) is 0 Å². The van der Waals surface area contributed by atoms with Crippen LogP contribution in [0, 0.1) is 11.3 Å². The maximum absolute atomic E-state index is 4.56. The molecule has 64 valence electrons. The number of aliphatic imine (C=N–C) groups is 1. The minimum absolute atomic E-state index is 0.353. The van der Waals surface area contributed by atoms with Crippen molar-refractivity contribution < 1.29 is 0 Å². The molecule has 1 atom stereocenters. The van der Waals surface area contributed by atoms with E-state index in [1.54, 1.807) is 0 Å². The van der Waals surface area contributed by atoms with Crippen LogP contribution < -0.4 is 0 Å². The van der Waals surface area contributed by atoms with Crippen molar-refractivity contribution in [3.05, 3.63) is 0 Å². The normalized spacial score (nSPS) is 29.4. The Bertz CT molecular complexity index is 156. The summed E-state index contributed by atoms with van der Waals surface area (Å²) < 4.78 is 0. The summed E-state index contributed by atoms with van der Waals surface area (Å²) >= 11 is 0. The van der Waals surface area contributed by atoms with E-state index in [2.05, 4.69) is 38.9 Å². The van der Waals surface area contributed by atoms with Gasteiger partial charge in [0.15, 0.2) is 0 Å². The standard InChI is InChI=1S/C10H19N/c1-8(2)9-5-6-10(3,4)7-11-9/h7-9H,5-6H2,1-4H3/t9-/m1/s1. The SMILES string of the molecule is CC(C)[C@H]1CCC(C)(C)C=N1. The Hall–Kier alpha value is -0.330. The summed E-state index contributed by atoms with van der Waals surface area (Å²) in [5, 5.41) is 0. The molecule has 0 aromatic rings. The smallest absolute Gasteiger partial charge is 0.0519 e. The zero-order valence-electron chi connectivity index (χ0n) is 8.09. The second-order valence-corrected chi connectivity index (χ2v) is 4.62. The molecule has 1 heteroatoms. The predicted octanol–water partition coefficient (Wildman–Crippen LogP) is 2.90. The Labute approximate surface area is 69.9 Å². The molecule has 1 rings (SSSR count). The van der Waals surface area contributed by atoms with Gasteiger partial charge in [-0.2, -0.15) is 0 Å². The molecular weight excluding hydrogens is 134 g/mol. The van der Waals surface area contributed by atoms with Crippen LogP contribution in [0.2, 0.25) is 0 Å². The lowest BCUT2D eigenvalue weighted by molar-refractivity contribution is 0.359. The van der Waals surface area contributed by atoms with E-state index in [1.807, 2.05) is 0 Å². The Balaban J connectivity index is 2.56. The minimum Gasteiger partial charge on any atom is -0.293 e. The Kier molecular flexibility index (Phi) is 2.36. The summed E-state index contributed by atoms with van der Waals surface area (Å²) in [6, 6.07) is 0.586. The molecule has 0 saturated heterocycles. The van der Waals surface area contributed by atoms with Gasteiger partial charge in [-0.05, 0) is 24.2 Å². The second-order valence-electron chi connectivity index (χ2n) is 4.62. The van der Waals surface area contributed by atoms with Gasteiger partial charge in [-0.25, -0.2) is 0 Å². The van der Waals surface area contributed by atoms with Crippen LogP contribution in [0.1, 0.15) is 40.5 Å². The third kappa shape index (κ3) is 2.32. The van der Waals surface area contributed by atoms with Gasteiger partial charge in [-0.3, -0.25) is 4.99 Å². The van der Waals surface area contributed by atoms with Crippen LogP contribution in [0.15, 0.2) is 4.99 Å². The van der Waals surface area contributed by atoms with Gasteiger partial charge in [-0.1, -0.05) is 27.7 Å². The van der Waals surface area contributed by atoms with Crippen LogP contribution in [0.3, 0.4) is 0 Å². The fraction of sp³-hybridized carbons (Fsp3) is 0.900. The van der Waals surface area contributed by atoms with E-state index in [4.69, 9.17) is 0 Å². The van der Waals surface area contributed by atoms with Crippen molar-refractivity contribution in [3.8, 4) is 0 Å². The van der Waals surface area contributed by atoms with Gasteiger partial charge in [0.2, 0.25) is 0 Å². The molecule has 0 unspecified atom stereocenters. The minimum atomic E-state index is 0.353. The van der Waals surface area contributed by atoms with Gasteiger partial charge < -0.3 is 0 Å². The Morgan fingerprint density at radius 2 is 2.09 bits per heavy atom. The largest absolute Gasteiger partial charge is 0.293 e. The first-order valence-corrected chi connectivity index (χ1v) is 4.55. The lowest BCUT2D eigenvalue weighted by Gasteiger charge is -2.29. The van der Waals surface area contributed by atoms with E-state index in [-0.39, 0.29) is 0 Å². The van der Waals surface area contributed by atoms with Crippen LogP contribution in [0.4, 0.5) is 0 Å². The number of hydrogen-bond acceptors (Lipinski definition) is 1. The molecule has 11 heavy (non-hydrogen) atoms. The molecule has 0 spiro atoms. The second kappa shape index (κ2) is 2.96. The molecule has 1 aliphatic rings. The summed E-state index contributed by atoms with van der Waals surface area (Å²) in [4.78, 5) is 4.56. The molecule has 0 radical (unpaired) electrons. The zero-order chi connectivity index (χ0) is 8.48. The first kappa shape index (κ1) is 8.76. The maximum Gasteiger partial charge on any atom is 0.0519 e. The van der Waals surface area contributed by atoms with Gasteiger partial charge >= 0.3 is 0 Å². The highest BCUT2D eigenvalue weighted by Gasteiger charge is 2.23. The summed E-state index contributed by atoms with van der Waals surface area (Å²) in [7, 11) is 0. The molecule has 1 nitrogen and oxygen atoms in total. The van der Waals surface area contributed by atoms with E-state index in [0.717, 1.165) is 0 Å². The number of hydrogen-bond donors (Lipinski definition) is 0. The third-order valence-corrected chi connectivity index (χ3v) is 2.47. The topological polar surface area (TPSA) is 12.4 Å². The van der Waals surface area contributed by atoms with Crippen LogP contribution in [-0.4, -0.2) is 12.3 Å². The molecule has 0 aromatic carbocycles. The lowest BCUT2D eigenvalue weighted by atomic mass is 9.83. The maximum atomic E-state index is 4.56. The summed E-state index contributed by atoms with van der Waals surface area (Å²) in [6.07, 6.45) is 4.70. The number of nitrogens with zero attached hydrogens (tertiary/aromatic N) is 1. The van der Waals surface area contributed by atoms with E-state index in [9.17, 15) is 0 Å². The molecular formula is C10H19N. The van der Waals surface area contributed by atoms with E-state index >= 15 is 0 Å². The summed E-state index contributed by atoms with van der Waals surface area (Å²) in [6.45, 7) is 9.01.